The van der Waals surface area contributed by atoms with Crippen LogP contribution in [0.3, 0.4) is 0 Å². The van der Waals surface area contributed by atoms with Gasteiger partial charge < -0.3 is 9.47 Å². The minimum absolute atomic E-state index is 0.0933. The molecule has 0 aliphatic rings. The molecule has 0 amide bonds. The molecular formula is C22H52O2S. The van der Waals surface area contributed by atoms with E-state index in [1.165, 1.54) is 37.9 Å². The summed E-state index contributed by atoms with van der Waals surface area (Å²) >= 11 is 1.93. The predicted octanol–water partition coefficient (Wildman–Crippen LogP) is 7.70. The average molecular weight is 381 g/mol. The summed E-state index contributed by atoms with van der Waals surface area (Å²) in [5, 5.41) is 0. The first-order valence-corrected chi connectivity index (χ1v) is 11.6. The lowest BCUT2D eigenvalue weighted by molar-refractivity contribution is 0.0138. The van der Waals surface area contributed by atoms with Crippen LogP contribution in [0.15, 0.2) is 0 Å². The minimum atomic E-state index is 0.0933. The number of hydrogen-bond acceptors (Lipinski definition) is 3. The van der Waals surface area contributed by atoms with Crippen LogP contribution in [0.25, 0.3) is 0 Å². The third-order valence-corrected chi connectivity index (χ3v) is 4.13. The van der Waals surface area contributed by atoms with Crippen LogP contribution < -0.4 is 0 Å². The van der Waals surface area contributed by atoms with Gasteiger partial charge in [-0.2, -0.15) is 11.8 Å². The highest BCUT2D eigenvalue weighted by molar-refractivity contribution is 7.98. The molecule has 0 radical (unpaired) electrons. The Balaban J connectivity index is -0.000000127. The maximum absolute atomic E-state index is 5.24. The Labute approximate surface area is 166 Å². The molecule has 0 N–H and O–H groups in total. The summed E-state index contributed by atoms with van der Waals surface area (Å²) in [6.45, 7) is 20.3. The first-order valence-electron chi connectivity index (χ1n) is 10.2. The Kier molecular flexibility index (Phi) is 34.9. The fourth-order valence-corrected chi connectivity index (χ4v) is 2.12. The standard InChI is InChI=1S/C8H18O.C6H14O.C6H14S.C2H6/c1-5-6-7-8(2,3)9-4;2*1-6(2)4-5-7-3;1-2/h5-7H2,1-4H3;2*6H,4-5H2,1-3H3;1-2H3. The maximum Gasteiger partial charge on any atom is 0.0622 e. The van der Waals surface area contributed by atoms with Crippen molar-refractivity contribution in [2.75, 3.05) is 32.8 Å². The van der Waals surface area contributed by atoms with Crippen molar-refractivity contribution in [1.29, 1.82) is 0 Å². The van der Waals surface area contributed by atoms with E-state index in [0.29, 0.717) is 0 Å². The maximum atomic E-state index is 5.24. The third-order valence-electron chi connectivity index (χ3n) is 3.48. The average Bonchev–Trinajstić information content (AvgIpc) is 2.59. The molecule has 0 aromatic heterocycles. The zero-order valence-electron chi connectivity index (χ0n) is 19.8. The summed E-state index contributed by atoms with van der Waals surface area (Å²) in [5.74, 6) is 2.98. The summed E-state index contributed by atoms with van der Waals surface area (Å²) in [6.07, 6.45) is 8.38. The predicted molar refractivity (Wildman–Crippen MR) is 121 cm³/mol. The number of thioether (sulfide) groups is 1. The van der Waals surface area contributed by atoms with Gasteiger partial charge in [-0.3, -0.25) is 0 Å². The topological polar surface area (TPSA) is 18.5 Å². The molecule has 0 bridgehead atoms. The highest BCUT2D eigenvalue weighted by Gasteiger charge is 2.13. The van der Waals surface area contributed by atoms with Gasteiger partial charge in [0, 0.05) is 20.8 Å². The van der Waals surface area contributed by atoms with Gasteiger partial charge in [0.15, 0.2) is 0 Å². The molecule has 0 aromatic carbocycles. The summed E-state index contributed by atoms with van der Waals surface area (Å²) < 4.78 is 10.1. The van der Waals surface area contributed by atoms with E-state index in [9.17, 15) is 0 Å². The largest absolute Gasteiger partial charge is 0.385 e. The van der Waals surface area contributed by atoms with Crippen LogP contribution in [-0.2, 0) is 9.47 Å². The van der Waals surface area contributed by atoms with Crippen LogP contribution in [0.1, 0.15) is 94.4 Å². The summed E-state index contributed by atoms with van der Waals surface area (Å²) in [7, 11) is 3.51. The molecule has 0 saturated heterocycles. The molecule has 0 aliphatic heterocycles. The molecule has 3 heteroatoms. The van der Waals surface area contributed by atoms with Crippen LogP contribution in [0.5, 0.6) is 0 Å². The molecule has 0 atom stereocenters. The molecule has 0 spiro atoms. The first kappa shape index (κ1) is 32.9. The van der Waals surface area contributed by atoms with Crippen LogP contribution in [0.2, 0.25) is 0 Å². The van der Waals surface area contributed by atoms with Gasteiger partial charge in [0.2, 0.25) is 0 Å². The van der Waals surface area contributed by atoms with Crippen molar-refractivity contribution in [3.05, 3.63) is 0 Å². The van der Waals surface area contributed by atoms with Crippen molar-refractivity contribution in [1.82, 2.24) is 0 Å². The molecule has 0 heterocycles. The fraction of sp³-hybridized carbons (Fsp3) is 1.00. The summed E-state index contributed by atoms with van der Waals surface area (Å²) in [4.78, 5) is 0. The lowest BCUT2D eigenvalue weighted by atomic mass is 10.0. The van der Waals surface area contributed by atoms with Gasteiger partial charge in [-0.1, -0.05) is 61.3 Å². The zero-order valence-corrected chi connectivity index (χ0v) is 20.6. The number of unbranched alkanes of at least 4 members (excludes halogenated alkanes) is 1. The second-order valence-corrected chi connectivity index (χ2v) is 8.40. The Hall–Kier alpha value is 0.270. The van der Waals surface area contributed by atoms with Gasteiger partial charge in [0.05, 0.1) is 5.60 Å². The SMILES string of the molecule is CC.CCCCC(C)(C)OC.COCCC(C)C.CSCCC(C)C. The van der Waals surface area contributed by atoms with Gasteiger partial charge in [0.25, 0.3) is 0 Å². The quantitative estimate of drug-likeness (QED) is 0.387. The fourth-order valence-electron chi connectivity index (χ4n) is 1.41. The highest BCUT2D eigenvalue weighted by Crippen LogP contribution is 2.15. The monoisotopic (exact) mass is 380 g/mol. The van der Waals surface area contributed by atoms with E-state index in [4.69, 9.17) is 9.47 Å². The van der Waals surface area contributed by atoms with Gasteiger partial charge in [-0.15, -0.1) is 0 Å². The zero-order chi connectivity index (χ0) is 20.7. The number of rotatable bonds is 10. The van der Waals surface area contributed by atoms with E-state index < -0.39 is 0 Å². The van der Waals surface area contributed by atoms with Crippen molar-refractivity contribution >= 4 is 11.8 Å². The summed E-state index contributed by atoms with van der Waals surface area (Å²) in [6, 6.07) is 0. The highest BCUT2D eigenvalue weighted by atomic mass is 32.2. The Morgan fingerprint density at radius 1 is 0.920 bits per heavy atom. The molecule has 0 aromatic rings. The van der Waals surface area contributed by atoms with Gasteiger partial charge in [0.1, 0.15) is 0 Å². The third kappa shape index (κ3) is 45.5. The van der Waals surface area contributed by atoms with E-state index in [0.717, 1.165) is 18.4 Å². The normalized spacial score (nSPS) is 10.3. The molecule has 0 unspecified atom stereocenters. The van der Waals surface area contributed by atoms with Crippen LogP contribution in [-0.4, -0.2) is 38.4 Å². The summed E-state index contributed by atoms with van der Waals surface area (Å²) in [5.41, 5.74) is 0.0933. The van der Waals surface area contributed by atoms with Crippen molar-refractivity contribution in [2.24, 2.45) is 11.8 Å². The Morgan fingerprint density at radius 2 is 1.40 bits per heavy atom. The second-order valence-electron chi connectivity index (χ2n) is 7.42. The Bertz CT molecular complexity index is 192. The lowest BCUT2D eigenvalue weighted by Gasteiger charge is -2.21. The van der Waals surface area contributed by atoms with Crippen LogP contribution in [0, 0.1) is 11.8 Å². The number of methoxy groups -OCH3 is 2. The number of ether oxygens (including phenoxy) is 2. The van der Waals surface area contributed by atoms with E-state index in [2.05, 4.69) is 54.7 Å². The minimum Gasteiger partial charge on any atom is -0.385 e. The smallest absolute Gasteiger partial charge is 0.0622 e. The number of hydrogen-bond donors (Lipinski definition) is 0. The Morgan fingerprint density at radius 3 is 1.60 bits per heavy atom. The van der Waals surface area contributed by atoms with Crippen molar-refractivity contribution in [3.63, 3.8) is 0 Å². The van der Waals surface area contributed by atoms with Gasteiger partial charge in [-0.25, -0.2) is 0 Å². The molecule has 25 heavy (non-hydrogen) atoms. The van der Waals surface area contributed by atoms with Gasteiger partial charge in [-0.05, 0) is 57.0 Å². The molecular weight excluding hydrogens is 328 g/mol. The van der Waals surface area contributed by atoms with Gasteiger partial charge >= 0.3 is 0 Å². The van der Waals surface area contributed by atoms with Crippen molar-refractivity contribution < 1.29 is 9.47 Å². The molecule has 0 saturated carbocycles. The van der Waals surface area contributed by atoms with E-state index in [1.807, 2.05) is 25.6 Å². The van der Waals surface area contributed by atoms with E-state index in [1.54, 1.807) is 14.2 Å². The molecule has 2 nitrogen and oxygen atoms in total. The van der Waals surface area contributed by atoms with Crippen molar-refractivity contribution in [2.45, 2.75) is 100 Å². The first-order chi connectivity index (χ1) is 11.7. The molecule has 0 rings (SSSR count). The van der Waals surface area contributed by atoms with Crippen molar-refractivity contribution in [3.8, 4) is 0 Å². The van der Waals surface area contributed by atoms with E-state index in [-0.39, 0.29) is 5.60 Å². The molecule has 0 aliphatic carbocycles. The second kappa shape index (κ2) is 26.5. The van der Waals surface area contributed by atoms with Crippen LogP contribution in [0.4, 0.5) is 0 Å². The lowest BCUT2D eigenvalue weighted by Crippen LogP contribution is -2.21. The van der Waals surface area contributed by atoms with Crippen LogP contribution >= 0.6 is 11.8 Å². The molecule has 0 fully saturated rings. The van der Waals surface area contributed by atoms with E-state index >= 15 is 0 Å². The molecule has 158 valence electrons.